The summed E-state index contributed by atoms with van der Waals surface area (Å²) in [4.78, 5) is 0. The normalized spacial score (nSPS) is 20.1. The van der Waals surface area contributed by atoms with Gasteiger partial charge < -0.3 is 10.1 Å². The van der Waals surface area contributed by atoms with Gasteiger partial charge in [-0.1, -0.05) is 0 Å². The average Bonchev–Trinajstić information content (AvgIpc) is 2.74. The molecule has 1 aromatic heterocycles. The minimum atomic E-state index is 0.355. The molecule has 0 spiro atoms. The highest BCUT2D eigenvalue weighted by atomic mass is 16.5. The van der Waals surface area contributed by atoms with E-state index in [9.17, 15) is 0 Å². The Hall–Kier alpha value is -0.870. The molecule has 1 aliphatic rings. The van der Waals surface area contributed by atoms with Gasteiger partial charge in [0.05, 0.1) is 5.69 Å². The lowest BCUT2D eigenvalue weighted by molar-refractivity contribution is 0.0546. The van der Waals surface area contributed by atoms with E-state index in [1.165, 1.54) is 24.1 Å². The lowest BCUT2D eigenvalue weighted by Crippen LogP contribution is -2.38. The molecule has 1 fully saturated rings. The molecule has 1 aromatic rings. The Balaban J connectivity index is 2.03. The van der Waals surface area contributed by atoms with Crippen molar-refractivity contribution in [1.82, 2.24) is 15.1 Å². The van der Waals surface area contributed by atoms with E-state index in [0.29, 0.717) is 12.1 Å². The molecule has 4 nitrogen and oxygen atoms in total. The van der Waals surface area contributed by atoms with Crippen molar-refractivity contribution in [2.75, 3.05) is 13.2 Å². The maximum atomic E-state index is 5.45. The number of rotatable bonds is 5. The smallest absolute Gasteiger partial charge is 0.0644 e. The van der Waals surface area contributed by atoms with E-state index >= 15 is 0 Å². The summed E-state index contributed by atoms with van der Waals surface area (Å²) in [6.07, 6.45) is 2.35. The molecule has 20 heavy (non-hydrogen) atoms. The van der Waals surface area contributed by atoms with Crippen LogP contribution >= 0.6 is 0 Å². The van der Waals surface area contributed by atoms with Crippen molar-refractivity contribution < 1.29 is 4.74 Å². The quantitative estimate of drug-likeness (QED) is 0.900. The fourth-order valence-corrected chi connectivity index (χ4v) is 3.47. The number of nitrogens with zero attached hydrogens (tertiary/aromatic N) is 2. The third-order valence-corrected chi connectivity index (χ3v) is 4.66. The average molecular weight is 279 g/mol. The first-order valence-corrected chi connectivity index (χ1v) is 7.92. The number of aryl methyl sites for hydroxylation is 2. The molecular weight excluding hydrogens is 250 g/mol. The molecule has 0 amide bonds. The molecule has 2 unspecified atom stereocenters. The van der Waals surface area contributed by atoms with Gasteiger partial charge in [0.15, 0.2) is 0 Å². The van der Waals surface area contributed by atoms with Crippen LogP contribution in [-0.2, 0) is 11.3 Å². The van der Waals surface area contributed by atoms with Crippen LogP contribution in [0.5, 0.6) is 0 Å². The van der Waals surface area contributed by atoms with Crippen molar-refractivity contribution >= 4 is 0 Å². The maximum absolute atomic E-state index is 5.45. The highest BCUT2D eigenvalue weighted by molar-refractivity contribution is 5.27. The molecule has 1 aliphatic heterocycles. The first-order chi connectivity index (χ1) is 9.54. The van der Waals surface area contributed by atoms with E-state index in [-0.39, 0.29) is 0 Å². The van der Waals surface area contributed by atoms with Crippen LogP contribution in [0.4, 0.5) is 0 Å². The summed E-state index contributed by atoms with van der Waals surface area (Å²) in [6.45, 7) is 13.8. The van der Waals surface area contributed by atoms with Crippen LogP contribution in [-0.4, -0.2) is 29.0 Å². The number of aromatic nitrogens is 2. The number of hydrogen-bond donors (Lipinski definition) is 1. The van der Waals surface area contributed by atoms with Gasteiger partial charge in [0.2, 0.25) is 0 Å². The summed E-state index contributed by atoms with van der Waals surface area (Å²) >= 11 is 0. The Morgan fingerprint density at radius 3 is 2.50 bits per heavy atom. The van der Waals surface area contributed by atoms with E-state index in [2.05, 4.69) is 49.7 Å². The van der Waals surface area contributed by atoms with E-state index < -0.39 is 0 Å². The third-order valence-electron chi connectivity index (χ3n) is 4.66. The van der Waals surface area contributed by atoms with Crippen molar-refractivity contribution in [3.63, 3.8) is 0 Å². The largest absolute Gasteiger partial charge is 0.381 e. The Morgan fingerprint density at radius 2 is 1.95 bits per heavy atom. The van der Waals surface area contributed by atoms with Gasteiger partial charge in [-0.2, -0.15) is 5.10 Å². The summed E-state index contributed by atoms with van der Waals surface area (Å²) in [7, 11) is 0. The number of nitrogens with one attached hydrogen (secondary N) is 1. The van der Waals surface area contributed by atoms with Gasteiger partial charge in [-0.05, 0) is 53.4 Å². The molecule has 1 N–H and O–H groups in total. The number of hydrogen-bond acceptors (Lipinski definition) is 3. The molecular formula is C16H29N3O. The first-order valence-electron chi connectivity index (χ1n) is 7.92. The van der Waals surface area contributed by atoms with Gasteiger partial charge in [-0.15, -0.1) is 0 Å². The van der Waals surface area contributed by atoms with E-state index in [1.807, 2.05) is 0 Å². The molecule has 0 radical (unpaired) electrons. The van der Waals surface area contributed by atoms with Crippen LogP contribution in [0.1, 0.15) is 56.6 Å². The fraction of sp³-hybridized carbons (Fsp3) is 0.812. The minimum Gasteiger partial charge on any atom is -0.381 e. The molecule has 0 saturated carbocycles. The molecule has 2 heterocycles. The van der Waals surface area contributed by atoms with Crippen LogP contribution in [0.25, 0.3) is 0 Å². The molecule has 0 bridgehead atoms. The topological polar surface area (TPSA) is 39.1 Å². The lowest BCUT2D eigenvalue weighted by Gasteiger charge is -2.31. The van der Waals surface area contributed by atoms with Crippen LogP contribution < -0.4 is 5.32 Å². The standard InChI is InChI=1S/C16H29N3O/c1-6-19-14(5)16(13(4)18-19)12(3)17-11(2)15-7-9-20-10-8-15/h11-12,15,17H,6-10H2,1-5H3. The SMILES string of the molecule is CCn1nc(C)c(C(C)NC(C)C2CCOCC2)c1C. The Labute approximate surface area is 122 Å². The van der Waals surface area contributed by atoms with Crippen molar-refractivity contribution in [2.24, 2.45) is 5.92 Å². The highest BCUT2D eigenvalue weighted by Gasteiger charge is 2.24. The van der Waals surface area contributed by atoms with E-state index in [1.54, 1.807) is 0 Å². The summed E-state index contributed by atoms with van der Waals surface area (Å²) in [5, 5.41) is 8.40. The van der Waals surface area contributed by atoms with Gasteiger partial charge >= 0.3 is 0 Å². The van der Waals surface area contributed by atoms with Gasteiger partial charge in [0.25, 0.3) is 0 Å². The van der Waals surface area contributed by atoms with Gasteiger partial charge in [0.1, 0.15) is 0 Å². The lowest BCUT2D eigenvalue weighted by atomic mass is 9.92. The summed E-state index contributed by atoms with van der Waals surface area (Å²) in [5.41, 5.74) is 3.82. The second-order valence-corrected chi connectivity index (χ2v) is 6.03. The van der Waals surface area contributed by atoms with Crippen LogP contribution in [0.2, 0.25) is 0 Å². The van der Waals surface area contributed by atoms with Crippen molar-refractivity contribution in [1.29, 1.82) is 0 Å². The molecule has 0 aliphatic carbocycles. The zero-order valence-corrected chi connectivity index (χ0v) is 13.6. The third kappa shape index (κ3) is 3.23. The van der Waals surface area contributed by atoms with E-state index in [0.717, 1.165) is 31.4 Å². The molecule has 2 atom stereocenters. The molecule has 2 rings (SSSR count). The van der Waals surface area contributed by atoms with Gasteiger partial charge in [-0.3, -0.25) is 4.68 Å². The zero-order chi connectivity index (χ0) is 14.7. The number of ether oxygens (including phenoxy) is 1. The maximum Gasteiger partial charge on any atom is 0.0644 e. The fourth-order valence-electron chi connectivity index (χ4n) is 3.47. The Kier molecular flexibility index (Phi) is 5.22. The van der Waals surface area contributed by atoms with E-state index in [4.69, 9.17) is 4.74 Å². The van der Waals surface area contributed by atoms with Crippen molar-refractivity contribution in [3.8, 4) is 0 Å². The van der Waals surface area contributed by atoms with Gasteiger partial charge in [0, 0.05) is 43.1 Å². The predicted octanol–water partition coefficient (Wildman–Crippen LogP) is 2.99. The first kappa shape index (κ1) is 15.5. The minimum absolute atomic E-state index is 0.355. The highest BCUT2D eigenvalue weighted by Crippen LogP contribution is 2.25. The molecule has 0 aromatic carbocycles. The van der Waals surface area contributed by atoms with Crippen LogP contribution in [0, 0.1) is 19.8 Å². The summed E-state index contributed by atoms with van der Waals surface area (Å²) < 4.78 is 7.55. The second kappa shape index (κ2) is 6.72. The predicted molar refractivity (Wildman–Crippen MR) is 81.9 cm³/mol. The molecule has 1 saturated heterocycles. The molecule has 4 heteroatoms. The summed E-state index contributed by atoms with van der Waals surface area (Å²) in [5.74, 6) is 0.730. The Morgan fingerprint density at radius 1 is 1.30 bits per heavy atom. The zero-order valence-electron chi connectivity index (χ0n) is 13.6. The van der Waals surface area contributed by atoms with Crippen molar-refractivity contribution in [3.05, 3.63) is 17.0 Å². The second-order valence-electron chi connectivity index (χ2n) is 6.03. The van der Waals surface area contributed by atoms with Crippen LogP contribution in [0.3, 0.4) is 0 Å². The monoisotopic (exact) mass is 279 g/mol. The van der Waals surface area contributed by atoms with Gasteiger partial charge in [-0.25, -0.2) is 0 Å². The molecule has 114 valence electrons. The summed E-state index contributed by atoms with van der Waals surface area (Å²) in [6, 6.07) is 0.880. The van der Waals surface area contributed by atoms with Crippen LogP contribution in [0.15, 0.2) is 0 Å². The van der Waals surface area contributed by atoms with Crippen molar-refractivity contribution in [2.45, 2.75) is 66.1 Å². The Bertz CT molecular complexity index is 435.